The van der Waals surface area contributed by atoms with E-state index in [2.05, 4.69) is 22.5 Å². The topological polar surface area (TPSA) is 79.9 Å². The highest BCUT2D eigenvalue weighted by molar-refractivity contribution is 7.16. The zero-order valence-corrected chi connectivity index (χ0v) is 20.1. The van der Waals surface area contributed by atoms with Crippen LogP contribution in [0.4, 0.5) is 5.00 Å². The van der Waals surface area contributed by atoms with E-state index < -0.39 is 12.1 Å². The van der Waals surface area contributed by atoms with Gasteiger partial charge in [0.1, 0.15) is 16.0 Å². The van der Waals surface area contributed by atoms with E-state index >= 15 is 0 Å². The summed E-state index contributed by atoms with van der Waals surface area (Å²) in [6.45, 7) is 7.34. The van der Waals surface area contributed by atoms with E-state index in [1.165, 1.54) is 21.8 Å². The number of likely N-dealkylation sites (N-methyl/N-ethyl adjacent to an activating group) is 1. The lowest BCUT2D eigenvalue weighted by molar-refractivity contribution is 0.0733. The van der Waals surface area contributed by atoms with Gasteiger partial charge in [0.25, 0.3) is 5.91 Å². The van der Waals surface area contributed by atoms with E-state index in [-0.39, 0.29) is 5.91 Å². The molecule has 172 valence electrons. The van der Waals surface area contributed by atoms with Crippen molar-refractivity contribution in [2.75, 3.05) is 25.0 Å². The summed E-state index contributed by atoms with van der Waals surface area (Å²) in [7, 11) is 0. The Bertz CT molecular complexity index is 1190. The monoisotopic (exact) mass is 483 g/mol. The zero-order chi connectivity index (χ0) is 22.9. The molecular formula is C24H25N3O4S2. The minimum Gasteiger partial charge on any atom is -0.490 e. The Morgan fingerprint density at radius 3 is 2.85 bits per heavy atom. The maximum atomic E-state index is 13.1. The van der Waals surface area contributed by atoms with Crippen LogP contribution in [0.15, 0.2) is 35.7 Å². The maximum absolute atomic E-state index is 13.1. The van der Waals surface area contributed by atoms with Crippen molar-refractivity contribution in [3.05, 3.63) is 62.2 Å². The quantitative estimate of drug-likeness (QED) is 0.392. The van der Waals surface area contributed by atoms with Crippen molar-refractivity contribution in [1.29, 1.82) is 0 Å². The Kier molecular flexibility index (Phi) is 6.09. The molecule has 0 spiro atoms. The molecule has 2 aliphatic rings. The van der Waals surface area contributed by atoms with Gasteiger partial charge in [0, 0.05) is 18.0 Å². The van der Waals surface area contributed by atoms with Crippen LogP contribution in [0.5, 0.6) is 11.5 Å². The number of anilines is 1. The number of amides is 1. The van der Waals surface area contributed by atoms with Gasteiger partial charge in [-0.3, -0.25) is 9.69 Å². The van der Waals surface area contributed by atoms with Crippen molar-refractivity contribution in [2.24, 2.45) is 0 Å². The van der Waals surface area contributed by atoms with Crippen LogP contribution in [0, 0.1) is 0 Å². The molecular weight excluding hydrogens is 458 g/mol. The summed E-state index contributed by atoms with van der Waals surface area (Å²) in [5.41, 5.74) is 2.79. The maximum Gasteiger partial charge on any atom is 0.353 e. The SMILES string of the molecule is CCOc1cc([C@H]2NC(=O)c3c(sc4c3CCN(CC)C4)N2)ccc1OC(=O)c1cccs1. The molecule has 1 atom stereocenters. The van der Waals surface area contributed by atoms with E-state index in [9.17, 15) is 9.59 Å². The Labute approximate surface area is 200 Å². The molecule has 7 nitrogen and oxygen atoms in total. The summed E-state index contributed by atoms with van der Waals surface area (Å²) < 4.78 is 11.3. The number of fused-ring (bicyclic) bond motifs is 3. The summed E-state index contributed by atoms with van der Waals surface area (Å²) >= 11 is 3.00. The number of hydrogen-bond acceptors (Lipinski definition) is 8. The molecule has 1 aromatic carbocycles. The summed E-state index contributed by atoms with van der Waals surface area (Å²) in [6.07, 6.45) is 0.502. The highest BCUT2D eigenvalue weighted by atomic mass is 32.1. The third kappa shape index (κ3) is 4.23. The van der Waals surface area contributed by atoms with Crippen LogP contribution in [-0.4, -0.2) is 36.5 Å². The highest BCUT2D eigenvalue weighted by Gasteiger charge is 2.33. The first kappa shape index (κ1) is 21.9. The fourth-order valence-corrected chi connectivity index (χ4v) is 6.12. The zero-order valence-electron chi connectivity index (χ0n) is 18.5. The van der Waals surface area contributed by atoms with E-state index in [0.29, 0.717) is 23.0 Å². The minimum absolute atomic E-state index is 0.0534. The van der Waals surface area contributed by atoms with Gasteiger partial charge in [-0.2, -0.15) is 0 Å². The number of esters is 1. The van der Waals surface area contributed by atoms with Gasteiger partial charge in [-0.1, -0.05) is 19.1 Å². The van der Waals surface area contributed by atoms with Gasteiger partial charge < -0.3 is 20.1 Å². The molecule has 9 heteroatoms. The molecule has 0 unspecified atom stereocenters. The first-order valence-electron chi connectivity index (χ1n) is 11.0. The number of hydrogen-bond donors (Lipinski definition) is 2. The van der Waals surface area contributed by atoms with Crippen LogP contribution in [0.2, 0.25) is 0 Å². The fraction of sp³-hybridized carbons (Fsp3) is 0.333. The average molecular weight is 484 g/mol. The smallest absolute Gasteiger partial charge is 0.353 e. The van der Waals surface area contributed by atoms with E-state index in [0.717, 1.165) is 42.2 Å². The predicted molar refractivity (Wildman–Crippen MR) is 130 cm³/mol. The standard InChI is InChI=1S/C24H25N3O4S2/c1-3-27-10-9-15-19(13-27)33-23-20(15)22(28)25-21(26-23)14-7-8-16(17(12-14)30-4-2)31-24(29)18-6-5-11-32-18/h5-8,11-12,21,26H,3-4,9-10,13H2,1-2H3,(H,25,28)/t21-/m0/s1. The first-order valence-corrected chi connectivity index (χ1v) is 12.7. The van der Waals surface area contributed by atoms with E-state index in [4.69, 9.17) is 9.47 Å². The molecule has 33 heavy (non-hydrogen) atoms. The molecule has 0 saturated carbocycles. The van der Waals surface area contributed by atoms with Crippen LogP contribution in [-0.2, 0) is 13.0 Å². The second kappa shape index (κ2) is 9.17. The van der Waals surface area contributed by atoms with Crippen molar-refractivity contribution in [1.82, 2.24) is 10.2 Å². The second-order valence-corrected chi connectivity index (χ2v) is 9.94. The van der Waals surface area contributed by atoms with Crippen molar-refractivity contribution in [2.45, 2.75) is 33.0 Å². The molecule has 3 aromatic rings. The van der Waals surface area contributed by atoms with Crippen molar-refractivity contribution >= 4 is 39.6 Å². The molecule has 0 bridgehead atoms. The van der Waals surface area contributed by atoms with Crippen LogP contribution in [0.1, 0.15) is 56.0 Å². The van der Waals surface area contributed by atoms with Crippen molar-refractivity contribution in [3.8, 4) is 11.5 Å². The molecule has 0 saturated heterocycles. The lowest BCUT2D eigenvalue weighted by atomic mass is 10.0. The Balaban J connectivity index is 1.40. The molecule has 4 heterocycles. The number of rotatable bonds is 6. The fourth-order valence-electron chi connectivity index (χ4n) is 4.21. The average Bonchev–Trinajstić information content (AvgIpc) is 3.48. The molecule has 0 aliphatic carbocycles. The van der Waals surface area contributed by atoms with Gasteiger partial charge >= 0.3 is 5.97 Å². The molecule has 1 amide bonds. The molecule has 2 aliphatic heterocycles. The molecule has 0 radical (unpaired) electrons. The van der Waals surface area contributed by atoms with Crippen LogP contribution >= 0.6 is 22.7 Å². The van der Waals surface area contributed by atoms with E-state index in [1.807, 2.05) is 30.5 Å². The van der Waals surface area contributed by atoms with Gasteiger partial charge in [0.2, 0.25) is 0 Å². The number of ether oxygens (including phenoxy) is 2. The minimum atomic E-state index is -0.419. The van der Waals surface area contributed by atoms with Crippen LogP contribution < -0.4 is 20.1 Å². The largest absolute Gasteiger partial charge is 0.490 e. The third-order valence-electron chi connectivity index (χ3n) is 5.89. The summed E-state index contributed by atoms with van der Waals surface area (Å²) in [5.74, 6) is 0.346. The number of carbonyl (C=O) groups is 2. The Morgan fingerprint density at radius 2 is 2.09 bits per heavy atom. The third-order valence-corrected chi connectivity index (χ3v) is 7.88. The first-order chi connectivity index (χ1) is 16.1. The molecule has 2 N–H and O–H groups in total. The number of carbonyl (C=O) groups excluding carboxylic acids is 2. The van der Waals surface area contributed by atoms with Crippen LogP contribution in [0.25, 0.3) is 0 Å². The number of nitrogens with zero attached hydrogens (tertiary/aromatic N) is 1. The van der Waals surface area contributed by atoms with Crippen LogP contribution in [0.3, 0.4) is 0 Å². The van der Waals surface area contributed by atoms with Crippen molar-refractivity contribution < 1.29 is 19.1 Å². The number of nitrogens with one attached hydrogen (secondary N) is 2. The van der Waals surface area contributed by atoms with Gasteiger partial charge in [-0.15, -0.1) is 22.7 Å². The molecule has 0 fully saturated rings. The lowest BCUT2D eigenvalue weighted by Crippen LogP contribution is -2.38. The van der Waals surface area contributed by atoms with Gasteiger partial charge in [-0.05, 0) is 54.6 Å². The molecule has 5 rings (SSSR count). The van der Waals surface area contributed by atoms with Gasteiger partial charge in [0.15, 0.2) is 11.5 Å². The Hall–Kier alpha value is -2.88. The lowest BCUT2D eigenvalue weighted by Gasteiger charge is -2.28. The summed E-state index contributed by atoms with van der Waals surface area (Å²) in [5, 5.41) is 9.32. The van der Waals surface area contributed by atoms with Crippen molar-refractivity contribution in [3.63, 3.8) is 0 Å². The normalized spacial score (nSPS) is 17.5. The summed E-state index contributed by atoms with van der Waals surface area (Å²) in [4.78, 5) is 29.6. The highest BCUT2D eigenvalue weighted by Crippen LogP contribution is 2.41. The number of thiophene rings is 2. The van der Waals surface area contributed by atoms with E-state index in [1.54, 1.807) is 23.5 Å². The number of benzene rings is 1. The van der Waals surface area contributed by atoms with Gasteiger partial charge in [-0.25, -0.2) is 4.79 Å². The second-order valence-electron chi connectivity index (χ2n) is 7.88. The molecule has 2 aromatic heterocycles. The predicted octanol–water partition coefficient (Wildman–Crippen LogP) is 4.66. The van der Waals surface area contributed by atoms with Gasteiger partial charge in [0.05, 0.1) is 12.2 Å². The Morgan fingerprint density at radius 1 is 1.21 bits per heavy atom. The summed E-state index contributed by atoms with van der Waals surface area (Å²) in [6, 6.07) is 8.90.